The molecule has 1 aromatic carbocycles. The molecule has 4 atom stereocenters. The molecule has 3 heteroatoms. The molecule has 0 amide bonds. The Kier molecular flexibility index (Phi) is 8.07. The Hall–Kier alpha value is -1.64. The van der Waals surface area contributed by atoms with E-state index in [0.717, 1.165) is 42.9 Å². The van der Waals surface area contributed by atoms with Gasteiger partial charge in [0.1, 0.15) is 6.61 Å². The Labute approximate surface area is 193 Å². The second kappa shape index (κ2) is 11.0. The highest BCUT2D eigenvalue weighted by atomic mass is 19.2. The van der Waals surface area contributed by atoms with Gasteiger partial charge in [-0.15, -0.1) is 6.58 Å². The molecule has 3 aliphatic carbocycles. The molecule has 3 aliphatic rings. The molecular formula is C29H40F2O. The number of benzene rings is 1. The predicted octanol–water partition coefficient (Wildman–Crippen LogP) is 8.60. The number of rotatable bonds is 8. The van der Waals surface area contributed by atoms with Crippen LogP contribution in [0.2, 0.25) is 0 Å². The van der Waals surface area contributed by atoms with Gasteiger partial charge in [-0.3, -0.25) is 0 Å². The zero-order valence-electron chi connectivity index (χ0n) is 19.5. The molecule has 4 rings (SSSR count). The van der Waals surface area contributed by atoms with Crippen LogP contribution in [-0.2, 0) is 0 Å². The Morgan fingerprint density at radius 3 is 2.16 bits per heavy atom. The maximum atomic E-state index is 14.8. The van der Waals surface area contributed by atoms with Crippen molar-refractivity contribution in [3.63, 3.8) is 0 Å². The van der Waals surface area contributed by atoms with E-state index in [-0.39, 0.29) is 18.3 Å². The smallest absolute Gasteiger partial charge is 0.200 e. The van der Waals surface area contributed by atoms with Gasteiger partial charge in [0.05, 0.1) is 0 Å². The quantitative estimate of drug-likeness (QED) is 0.366. The number of hydrogen-bond donors (Lipinski definition) is 0. The van der Waals surface area contributed by atoms with Crippen molar-refractivity contribution >= 4 is 0 Å². The fourth-order valence-electron chi connectivity index (χ4n) is 7.06. The van der Waals surface area contributed by atoms with E-state index in [4.69, 9.17) is 4.74 Å². The molecule has 0 spiro atoms. The SMILES string of the molecule is C=CCCC1CCC(C2CCC3CC(c4ccc(OCC=C)c(F)c4F)CCC3C2)CC1. The lowest BCUT2D eigenvalue weighted by molar-refractivity contribution is 0.0708. The highest BCUT2D eigenvalue weighted by molar-refractivity contribution is 5.33. The first-order valence-corrected chi connectivity index (χ1v) is 12.9. The maximum Gasteiger partial charge on any atom is 0.200 e. The van der Waals surface area contributed by atoms with E-state index in [1.54, 1.807) is 12.1 Å². The van der Waals surface area contributed by atoms with Crippen LogP contribution >= 0.6 is 0 Å². The van der Waals surface area contributed by atoms with E-state index in [2.05, 4.69) is 19.2 Å². The van der Waals surface area contributed by atoms with E-state index in [1.807, 2.05) is 0 Å². The highest BCUT2D eigenvalue weighted by Gasteiger charge is 2.39. The minimum atomic E-state index is -0.848. The van der Waals surface area contributed by atoms with Gasteiger partial charge in [0, 0.05) is 0 Å². The third-order valence-corrected chi connectivity index (χ3v) is 8.86. The number of fused-ring (bicyclic) bond motifs is 1. The monoisotopic (exact) mass is 442 g/mol. The molecular weight excluding hydrogens is 402 g/mol. The van der Waals surface area contributed by atoms with Crippen LogP contribution in [0.1, 0.15) is 88.5 Å². The summed E-state index contributed by atoms with van der Waals surface area (Å²) in [5, 5.41) is 0. The maximum absolute atomic E-state index is 14.8. The van der Waals surface area contributed by atoms with Crippen molar-refractivity contribution in [2.45, 2.75) is 83.0 Å². The van der Waals surface area contributed by atoms with Crippen LogP contribution < -0.4 is 4.74 Å². The summed E-state index contributed by atoms with van der Waals surface area (Å²) < 4.78 is 34.6. The molecule has 0 radical (unpaired) electrons. The number of allylic oxidation sites excluding steroid dienone is 1. The molecule has 0 bridgehead atoms. The summed E-state index contributed by atoms with van der Waals surface area (Å²) >= 11 is 0. The van der Waals surface area contributed by atoms with Gasteiger partial charge in [0.15, 0.2) is 11.6 Å². The largest absolute Gasteiger partial charge is 0.486 e. The summed E-state index contributed by atoms with van der Waals surface area (Å²) in [5.41, 5.74) is 0.548. The van der Waals surface area contributed by atoms with E-state index in [0.29, 0.717) is 11.5 Å². The fourth-order valence-corrected chi connectivity index (χ4v) is 7.06. The van der Waals surface area contributed by atoms with Crippen molar-refractivity contribution in [1.29, 1.82) is 0 Å². The molecule has 0 heterocycles. The lowest BCUT2D eigenvalue weighted by Gasteiger charge is -2.45. The molecule has 32 heavy (non-hydrogen) atoms. The molecule has 1 nitrogen and oxygen atoms in total. The van der Waals surface area contributed by atoms with Gasteiger partial charge in [-0.25, -0.2) is 4.39 Å². The zero-order valence-corrected chi connectivity index (χ0v) is 19.5. The highest BCUT2D eigenvalue weighted by Crippen LogP contribution is 2.51. The Morgan fingerprint density at radius 1 is 0.781 bits per heavy atom. The summed E-state index contributed by atoms with van der Waals surface area (Å²) in [6.45, 7) is 7.61. The number of halogens is 2. The summed E-state index contributed by atoms with van der Waals surface area (Å²) in [7, 11) is 0. The van der Waals surface area contributed by atoms with Crippen LogP contribution in [0.15, 0.2) is 37.4 Å². The first-order chi connectivity index (χ1) is 15.6. The average Bonchev–Trinajstić information content (AvgIpc) is 2.83. The predicted molar refractivity (Wildman–Crippen MR) is 128 cm³/mol. The third kappa shape index (κ3) is 5.29. The van der Waals surface area contributed by atoms with E-state index < -0.39 is 11.6 Å². The van der Waals surface area contributed by atoms with E-state index >= 15 is 0 Å². The van der Waals surface area contributed by atoms with Crippen LogP contribution in [-0.4, -0.2) is 6.61 Å². The Bertz CT molecular complexity index is 780. The second-order valence-corrected chi connectivity index (χ2v) is 10.6. The molecule has 4 unspecified atom stereocenters. The lowest BCUT2D eigenvalue weighted by atomic mass is 9.60. The molecule has 0 aromatic heterocycles. The molecule has 176 valence electrons. The minimum absolute atomic E-state index is 0.0143. The van der Waals surface area contributed by atoms with Crippen LogP contribution in [0.4, 0.5) is 8.78 Å². The molecule has 1 aromatic rings. The zero-order chi connectivity index (χ0) is 22.5. The van der Waals surface area contributed by atoms with Gasteiger partial charge in [0.25, 0.3) is 0 Å². The van der Waals surface area contributed by atoms with Gasteiger partial charge in [-0.1, -0.05) is 37.6 Å². The molecule has 0 N–H and O–H groups in total. The van der Waals surface area contributed by atoms with E-state index in [9.17, 15) is 8.78 Å². The van der Waals surface area contributed by atoms with E-state index in [1.165, 1.54) is 63.9 Å². The van der Waals surface area contributed by atoms with Crippen LogP contribution in [0.3, 0.4) is 0 Å². The Morgan fingerprint density at radius 2 is 1.44 bits per heavy atom. The van der Waals surface area contributed by atoms with Crippen LogP contribution in [0, 0.1) is 41.2 Å². The van der Waals surface area contributed by atoms with Crippen LogP contribution in [0.25, 0.3) is 0 Å². The van der Waals surface area contributed by atoms with Crippen LogP contribution in [0.5, 0.6) is 5.75 Å². The van der Waals surface area contributed by atoms with Gasteiger partial charge >= 0.3 is 0 Å². The minimum Gasteiger partial charge on any atom is -0.486 e. The third-order valence-electron chi connectivity index (χ3n) is 8.86. The standard InChI is InChI=1S/C29H40F2O/c1-3-5-6-20-7-9-21(10-8-20)22-11-12-24-19-25(14-13-23(24)18-22)26-15-16-27(32-17-4-2)29(31)28(26)30/h3-4,15-16,20-25H,1-2,5-14,17-19H2. The second-order valence-electron chi connectivity index (χ2n) is 10.6. The number of hydrogen-bond acceptors (Lipinski definition) is 1. The summed E-state index contributed by atoms with van der Waals surface area (Å²) in [4.78, 5) is 0. The molecule has 3 fully saturated rings. The summed E-state index contributed by atoms with van der Waals surface area (Å²) in [6.07, 6.45) is 18.9. The number of ether oxygens (including phenoxy) is 1. The molecule has 0 aliphatic heterocycles. The van der Waals surface area contributed by atoms with Crippen molar-refractivity contribution in [2.24, 2.45) is 29.6 Å². The van der Waals surface area contributed by atoms with Crippen molar-refractivity contribution in [3.8, 4) is 5.75 Å². The average molecular weight is 443 g/mol. The first-order valence-electron chi connectivity index (χ1n) is 12.9. The summed E-state index contributed by atoms with van der Waals surface area (Å²) in [5.74, 6) is 2.75. The van der Waals surface area contributed by atoms with Crippen molar-refractivity contribution < 1.29 is 13.5 Å². The molecule has 3 saturated carbocycles. The van der Waals surface area contributed by atoms with Gasteiger partial charge in [-0.2, -0.15) is 4.39 Å². The van der Waals surface area contributed by atoms with Gasteiger partial charge < -0.3 is 4.74 Å². The van der Waals surface area contributed by atoms with Gasteiger partial charge in [0.2, 0.25) is 5.82 Å². The lowest BCUT2D eigenvalue weighted by Crippen LogP contribution is -2.34. The van der Waals surface area contributed by atoms with Crippen molar-refractivity contribution in [3.05, 3.63) is 54.6 Å². The fraction of sp³-hybridized carbons (Fsp3) is 0.655. The molecule has 0 saturated heterocycles. The normalized spacial score (nSPS) is 32.7. The van der Waals surface area contributed by atoms with Crippen molar-refractivity contribution in [2.75, 3.05) is 6.61 Å². The van der Waals surface area contributed by atoms with Gasteiger partial charge in [-0.05, 0) is 111 Å². The summed E-state index contributed by atoms with van der Waals surface area (Å²) in [6, 6.07) is 3.34. The Balaban J connectivity index is 1.31. The topological polar surface area (TPSA) is 9.23 Å². The van der Waals surface area contributed by atoms with Crippen molar-refractivity contribution in [1.82, 2.24) is 0 Å². The first kappa shape index (κ1) is 23.5.